The van der Waals surface area contributed by atoms with E-state index in [0.29, 0.717) is 5.56 Å². The number of fused-ring (bicyclic) bond motifs is 1. The summed E-state index contributed by atoms with van der Waals surface area (Å²) < 4.78 is 0. The molecule has 0 saturated carbocycles. The fraction of sp³-hybridized carbons (Fsp3) is 0.467. The van der Waals surface area contributed by atoms with E-state index in [1.54, 1.807) is 6.07 Å². The van der Waals surface area contributed by atoms with Crippen molar-refractivity contribution in [2.45, 2.75) is 32.9 Å². The van der Waals surface area contributed by atoms with Gasteiger partial charge in [-0.15, -0.1) is 0 Å². The van der Waals surface area contributed by atoms with Crippen LogP contribution < -0.4 is 5.32 Å². The molecule has 1 aromatic carbocycles. The van der Waals surface area contributed by atoms with Crippen molar-refractivity contribution in [3.8, 4) is 0 Å². The zero-order chi connectivity index (χ0) is 14.7. The lowest BCUT2D eigenvalue weighted by Gasteiger charge is -2.27. The maximum Gasteiger partial charge on any atom is 0.323 e. The number of rotatable bonds is 4. The molecule has 1 heterocycles. The van der Waals surface area contributed by atoms with Crippen molar-refractivity contribution < 1.29 is 14.7 Å². The summed E-state index contributed by atoms with van der Waals surface area (Å²) in [5.41, 5.74) is 2.81. The van der Waals surface area contributed by atoms with Crippen LogP contribution in [-0.2, 0) is 17.8 Å². The number of carboxylic acids is 1. The minimum atomic E-state index is -0.987. The van der Waals surface area contributed by atoms with Gasteiger partial charge in [-0.25, -0.2) is 0 Å². The van der Waals surface area contributed by atoms with E-state index in [0.717, 1.165) is 30.6 Å². The zero-order valence-electron chi connectivity index (χ0n) is 11.8. The molecule has 0 spiro atoms. The summed E-state index contributed by atoms with van der Waals surface area (Å²) in [6.07, 6.45) is 0.802. The van der Waals surface area contributed by atoms with Gasteiger partial charge in [-0.05, 0) is 44.0 Å². The number of amides is 1. The lowest BCUT2D eigenvalue weighted by molar-refractivity contribution is -0.138. The van der Waals surface area contributed by atoms with E-state index < -0.39 is 5.97 Å². The summed E-state index contributed by atoms with van der Waals surface area (Å²) >= 11 is 0. The number of aliphatic carboxylic acids is 1. The molecule has 1 aromatic rings. The monoisotopic (exact) mass is 276 g/mol. The lowest BCUT2D eigenvalue weighted by atomic mass is 9.94. The first-order chi connectivity index (χ1) is 9.50. The Hall–Kier alpha value is -1.88. The third-order valence-electron chi connectivity index (χ3n) is 3.56. The van der Waals surface area contributed by atoms with Crippen molar-refractivity contribution in [3.63, 3.8) is 0 Å². The normalized spacial score (nSPS) is 13.9. The highest BCUT2D eigenvalue weighted by Crippen LogP contribution is 2.21. The second-order valence-electron chi connectivity index (χ2n) is 5.29. The summed E-state index contributed by atoms with van der Waals surface area (Å²) in [6, 6.07) is 5.52. The maximum absolute atomic E-state index is 12.6. The van der Waals surface area contributed by atoms with E-state index in [-0.39, 0.29) is 18.5 Å². The van der Waals surface area contributed by atoms with Crippen LogP contribution in [0.3, 0.4) is 0 Å². The van der Waals surface area contributed by atoms with Gasteiger partial charge in [-0.3, -0.25) is 9.59 Å². The topological polar surface area (TPSA) is 69.6 Å². The van der Waals surface area contributed by atoms with Crippen LogP contribution in [-0.4, -0.2) is 41.0 Å². The fourth-order valence-electron chi connectivity index (χ4n) is 2.52. The molecule has 5 heteroatoms. The first-order valence-electron chi connectivity index (χ1n) is 6.85. The Morgan fingerprint density at radius 2 is 2.15 bits per heavy atom. The Balaban J connectivity index is 2.34. The first-order valence-corrected chi connectivity index (χ1v) is 6.85. The van der Waals surface area contributed by atoms with Crippen LogP contribution in [0, 0.1) is 0 Å². The van der Waals surface area contributed by atoms with E-state index in [2.05, 4.69) is 5.32 Å². The summed E-state index contributed by atoms with van der Waals surface area (Å²) in [7, 11) is 0. The molecule has 0 atom stereocenters. The second-order valence-corrected chi connectivity index (χ2v) is 5.29. The molecular formula is C15H20N2O3. The molecule has 20 heavy (non-hydrogen) atoms. The minimum Gasteiger partial charge on any atom is -0.480 e. The summed E-state index contributed by atoms with van der Waals surface area (Å²) in [5, 5.41) is 12.2. The average molecular weight is 276 g/mol. The Kier molecular flexibility index (Phi) is 4.39. The van der Waals surface area contributed by atoms with Crippen molar-refractivity contribution >= 4 is 11.9 Å². The van der Waals surface area contributed by atoms with E-state index >= 15 is 0 Å². The van der Waals surface area contributed by atoms with Crippen LogP contribution in [0.4, 0.5) is 0 Å². The van der Waals surface area contributed by atoms with Gasteiger partial charge in [-0.1, -0.05) is 12.1 Å². The van der Waals surface area contributed by atoms with Crippen LogP contribution in [0.2, 0.25) is 0 Å². The second kappa shape index (κ2) is 6.05. The largest absolute Gasteiger partial charge is 0.480 e. The highest BCUT2D eigenvalue weighted by atomic mass is 16.4. The van der Waals surface area contributed by atoms with E-state index in [1.165, 1.54) is 4.90 Å². The summed E-state index contributed by atoms with van der Waals surface area (Å²) in [5.74, 6) is -1.18. The molecule has 5 nitrogen and oxygen atoms in total. The van der Waals surface area contributed by atoms with Gasteiger partial charge in [-0.2, -0.15) is 0 Å². The number of carbonyl (C=O) groups excluding carboxylic acids is 1. The molecule has 1 aliphatic heterocycles. The lowest BCUT2D eigenvalue weighted by Crippen LogP contribution is -2.41. The van der Waals surface area contributed by atoms with Crippen LogP contribution >= 0.6 is 0 Å². The van der Waals surface area contributed by atoms with Crippen LogP contribution in [0.25, 0.3) is 0 Å². The molecule has 2 rings (SSSR count). The molecule has 0 radical (unpaired) electrons. The molecule has 0 saturated heterocycles. The van der Waals surface area contributed by atoms with E-state index in [1.807, 2.05) is 26.0 Å². The molecule has 0 bridgehead atoms. The summed E-state index contributed by atoms with van der Waals surface area (Å²) in [6.45, 7) is 5.00. The highest BCUT2D eigenvalue weighted by molar-refractivity contribution is 5.97. The number of benzene rings is 1. The van der Waals surface area contributed by atoms with E-state index in [4.69, 9.17) is 5.11 Å². The van der Waals surface area contributed by atoms with Gasteiger partial charge in [0.25, 0.3) is 5.91 Å². The third kappa shape index (κ3) is 2.99. The number of hydrogen-bond donors (Lipinski definition) is 2. The smallest absolute Gasteiger partial charge is 0.323 e. The van der Waals surface area contributed by atoms with Gasteiger partial charge in [0, 0.05) is 18.2 Å². The molecular weight excluding hydrogens is 256 g/mol. The van der Waals surface area contributed by atoms with Gasteiger partial charge >= 0.3 is 5.97 Å². The maximum atomic E-state index is 12.6. The first kappa shape index (κ1) is 14.5. The SMILES string of the molecule is CC(C)N(CC(=O)O)C(=O)c1cccc2c1CCNC2. The third-order valence-corrected chi connectivity index (χ3v) is 3.56. The van der Waals surface area contributed by atoms with Gasteiger partial charge in [0.05, 0.1) is 0 Å². The van der Waals surface area contributed by atoms with Crippen LogP contribution in [0.15, 0.2) is 18.2 Å². The molecule has 2 N–H and O–H groups in total. The quantitative estimate of drug-likeness (QED) is 0.869. The Labute approximate surface area is 118 Å². The predicted octanol–water partition coefficient (Wildman–Crippen LogP) is 1.27. The molecule has 0 unspecified atom stereocenters. The Morgan fingerprint density at radius 1 is 1.40 bits per heavy atom. The molecule has 1 amide bonds. The van der Waals surface area contributed by atoms with Gasteiger partial charge in [0.1, 0.15) is 6.54 Å². The van der Waals surface area contributed by atoms with Crippen molar-refractivity contribution in [1.82, 2.24) is 10.2 Å². The van der Waals surface area contributed by atoms with Crippen molar-refractivity contribution in [2.75, 3.05) is 13.1 Å². The van der Waals surface area contributed by atoms with Crippen molar-refractivity contribution in [2.24, 2.45) is 0 Å². The van der Waals surface area contributed by atoms with Gasteiger partial charge in [0.2, 0.25) is 0 Å². The van der Waals surface area contributed by atoms with E-state index in [9.17, 15) is 9.59 Å². The molecule has 0 aliphatic carbocycles. The Morgan fingerprint density at radius 3 is 2.80 bits per heavy atom. The number of hydrogen-bond acceptors (Lipinski definition) is 3. The van der Waals surface area contributed by atoms with Crippen molar-refractivity contribution in [3.05, 3.63) is 34.9 Å². The molecule has 0 fully saturated rings. The number of nitrogens with one attached hydrogen (secondary N) is 1. The number of carboxylic acid groups (broad SMARTS) is 1. The minimum absolute atomic E-state index is 0.142. The Bertz CT molecular complexity index is 526. The molecule has 0 aromatic heterocycles. The molecule has 108 valence electrons. The van der Waals surface area contributed by atoms with Gasteiger partial charge < -0.3 is 15.3 Å². The predicted molar refractivity (Wildman–Crippen MR) is 75.7 cm³/mol. The zero-order valence-corrected chi connectivity index (χ0v) is 11.8. The fourth-order valence-corrected chi connectivity index (χ4v) is 2.52. The standard InChI is InChI=1S/C15H20N2O3/c1-10(2)17(9-14(18)19)15(20)13-5-3-4-11-8-16-7-6-12(11)13/h3-5,10,16H,6-9H2,1-2H3,(H,18,19). The summed E-state index contributed by atoms with van der Waals surface area (Å²) in [4.78, 5) is 25.0. The number of carbonyl (C=O) groups is 2. The number of nitrogens with zero attached hydrogens (tertiary/aromatic N) is 1. The molecule has 1 aliphatic rings. The van der Waals surface area contributed by atoms with Crippen LogP contribution in [0.1, 0.15) is 35.3 Å². The van der Waals surface area contributed by atoms with Crippen molar-refractivity contribution in [1.29, 1.82) is 0 Å². The highest BCUT2D eigenvalue weighted by Gasteiger charge is 2.25. The van der Waals surface area contributed by atoms with Gasteiger partial charge in [0.15, 0.2) is 0 Å². The van der Waals surface area contributed by atoms with Crippen LogP contribution in [0.5, 0.6) is 0 Å². The average Bonchev–Trinajstić information content (AvgIpc) is 2.43.